The number of benzene rings is 1. The van der Waals surface area contributed by atoms with E-state index in [0.29, 0.717) is 0 Å². The first-order valence-corrected chi connectivity index (χ1v) is 9.18. The zero-order valence-corrected chi connectivity index (χ0v) is 16.2. The lowest BCUT2D eigenvalue weighted by Crippen LogP contribution is -2.62. The summed E-state index contributed by atoms with van der Waals surface area (Å²) in [4.78, 5) is 15.4. The van der Waals surface area contributed by atoms with Crippen molar-refractivity contribution in [1.82, 2.24) is 0 Å². The molecule has 0 spiro atoms. The molecule has 0 N–H and O–H groups in total. The Bertz CT molecular complexity index is 576. The van der Waals surface area contributed by atoms with Crippen molar-refractivity contribution in [3.63, 3.8) is 0 Å². The molecule has 1 aromatic carbocycles. The maximum atomic E-state index is 13.3. The molecule has 1 aliphatic rings. The first kappa shape index (κ1) is 18.8. The second-order valence-electron chi connectivity index (χ2n) is 7.28. The lowest BCUT2D eigenvalue weighted by molar-refractivity contribution is -0.923. The first-order chi connectivity index (χ1) is 11.4. The van der Waals surface area contributed by atoms with Crippen molar-refractivity contribution in [2.24, 2.45) is 0 Å². The van der Waals surface area contributed by atoms with E-state index >= 15 is 0 Å². The summed E-state index contributed by atoms with van der Waals surface area (Å²) in [7, 11) is 3.92. The van der Waals surface area contributed by atoms with Gasteiger partial charge < -0.3 is 14.1 Å². The first-order valence-electron chi connectivity index (χ1n) is 9.18. The van der Waals surface area contributed by atoms with Gasteiger partial charge in [-0.2, -0.15) is 0 Å². The zero-order chi connectivity index (χ0) is 17.9. The molecule has 2 atom stereocenters. The van der Waals surface area contributed by atoms with E-state index in [0.717, 1.165) is 65.9 Å². The lowest BCUT2D eigenvalue weighted by atomic mass is 9.97. The highest BCUT2D eigenvalue weighted by atomic mass is 16.5. The molecule has 1 aliphatic heterocycles. The number of ether oxygens (including phenoxy) is 1. The third-order valence-corrected chi connectivity index (χ3v) is 5.59. The summed E-state index contributed by atoms with van der Waals surface area (Å²) >= 11 is 0. The van der Waals surface area contributed by atoms with E-state index in [9.17, 15) is 4.79 Å². The van der Waals surface area contributed by atoms with Gasteiger partial charge in [0.2, 0.25) is 0 Å². The van der Waals surface area contributed by atoms with Crippen LogP contribution >= 0.6 is 0 Å². The molecule has 2 rings (SSSR count). The Morgan fingerprint density at radius 3 is 2.38 bits per heavy atom. The predicted molar refractivity (Wildman–Crippen MR) is 99.7 cm³/mol. The van der Waals surface area contributed by atoms with Gasteiger partial charge in [0.25, 0.3) is 5.91 Å². The van der Waals surface area contributed by atoms with Crippen LogP contribution in [-0.2, 0) is 4.79 Å². The number of nitrogens with zero attached hydrogens (tertiary/aromatic N) is 2. The second-order valence-corrected chi connectivity index (χ2v) is 7.28. The molecule has 0 saturated carbocycles. The molecule has 4 heteroatoms. The summed E-state index contributed by atoms with van der Waals surface area (Å²) in [6.45, 7) is 11.4. The molecule has 1 fully saturated rings. The number of likely N-dealkylation sites (N-methyl/N-ethyl adjacent to an activating group) is 1. The van der Waals surface area contributed by atoms with E-state index < -0.39 is 0 Å². The number of hydrogen-bond donors (Lipinski definition) is 0. The Labute approximate surface area is 147 Å². The van der Waals surface area contributed by atoms with Gasteiger partial charge in [-0.15, -0.1) is 0 Å². The molecular formula is C20H33N2O2+. The monoisotopic (exact) mass is 333 g/mol. The number of methoxy groups -OCH3 is 1. The van der Waals surface area contributed by atoms with Gasteiger partial charge >= 0.3 is 0 Å². The van der Waals surface area contributed by atoms with Gasteiger partial charge in [0.1, 0.15) is 5.75 Å². The van der Waals surface area contributed by atoms with Gasteiger partial charge in [0, 0.05) is 18.7 Å². The Hall–Kier alpha value is -1.55. The Balaban J connectivity index is 2.37. The van der Waals surface area contributed by atoms with Gasteiger partial charge in [-0.25, -0.2) is 0 Å². The molecule has 2 unspecified atom stereocenters. The van der Waals surface area contributed by atoms with Crippen LogP contribution in [0, 0.1) is 13.8 Å². The summed E-state index contributed by atoms with van der Waals surface area (Å²) in [5, 5.41) is 0. The normalized spacial score (nSPS) is 20.8. The highest BCUT2D eigenvalue weighted by molar-refractivity contribution is 5.98. The van der Waals surface area contributed by atoms with Crippen LogP contribution in [0.3, 0.4) is 0 Å². The molecule has 24 heavy (non-hydrogen) atoms. The highest BCUT2D eigenvalue weighted by Crippen LogP contribution is 2.33. The molecule has 1 saturated heterocycles. The SMILES string of the molecule is CCC[N+](C)(CC)C1CCCN(c2c(C)cc(OC)cc2C)C1=O. The maximum Gasteiger partial charge on any atom is 0.285 e. The van der Waals surface area contributed by atoms with Crippen LogP contribution in [0.2, 0.25) is 0 Å². The molecule has 0 bridgehead atoms. The molecule has 1 amide bonds. The van der Waals surface area contributed by atoms with Crippen LogP contribution in [0.1, 0.15) is 44.2 Å². The molecule has 134 valence electrons. The predicted octanol–water partition coefficient (Wildman–Crippen LogP) is 3.68. The number of amides is 1. The van der Waals surface area contributed by atoms with Gasteiger partial charge in [-0.05, 0) is 56.9 Å². The number of carbonyl (C=O) groups excluding carboxylic acids is 1. The number of piperidine rings is 1. The molecule has 0 aliphatic carbocycles. The van der Waals surface area contributed by atoms with Crippen molar-refractivity contribution in [2.45, 2.75) is 53.0 Å². The smallest absolute Gasteiger partial charge is 0.285 e. The molecule has 0 aromatic heterocycles. The van der Waals surface area contributed by atoms with Crippen LogP contribution in [0.5, 0.6) is 5.75 Å². The molecule has 0 radical (unpaired) electrons. The zero-order valence-electron chi connectivity index (χ0n) is 16.2. The van der Waals surface area contributed by atoms with Gasteiger partial charge in [0.05, 0.1) is 27.2 Å². The van der Waals surface area contributed by atoms with Crippen molar-refractivity contribution in [3.05, 3.63) is 23.3 Å². The molecule has 1 heterocycles. The highest BCUT2D eigenvalue weighted by Gasteiger charge is 2.42. The quantitative estimate of drug-likeness (QED) is 0.743. The Morgan fingerprint density at radius 2 is 1.88 bits per heavy atom. The van der Waals surface area contributed by atoms with Crippen LogP contribution in [0.15, 0.2) is 12.1 Å². The second kappa shape index (κ2) is 7.56. The van der Waals surface area contributed by atoms with Crippen LogP contribution in [0.25, 0.3) is 0 Å². The molecule has 4 nitrogen and oxygen atoms in total. The fraction of sp³-hybridized carbons (Fsp3) is 0.650. The van der Waals surface area contributed by atoms with Crippen molar-refractivity contribution >= 4 is 11.6 Å². The number of aryl methyl sites for hydroxylation is 2. The minimum absolute atomic E-state index is 0.0737. The van der Waals surface area contributed by atoms with Crippen LogP contribution in [0.4, 0.5) is 5.69 Å². The minimum atomic E-state index is 0.0737. The summed E-state index contributed by atoms with van der Waals surface area (Å²) in [5.74, 6) is 1.14. The fourth-order valence-electron chi connectivity index (χ4n) is 4.16. The standard InChI is InChI=1S/C20H33N2O2/c1-7-12-22(5,8-2)18-10-9-11-21(20(18)23)19-15(3)13-17(24-6)14-16(19)4/h13-14,18H,7-12H2,1-6H3/q+1. The van der Waals surface area contributed by atoms with Gasteiger partial charge in [-0.3, -0.25) is 4.79 Å². The summed E-state index contributed by atoms with van der Waals surface area (Å²) < 4.78 is 6.21. The van der Waals surface area contributed by atoms with E-state index in [2.05, 4.69) is 34.7 Å². The third-order valence-electron chi connectivity index (χ3n) is 5.59. The molecule has 1 aromatic rings. The third kappa shape index (κ3) is 3.44. The summed E-state index contributed by atoms with van der Waals surface area (Å²) in [6.07, 6.45) is 3.17. The lowest BCUT2D eigenvalue weighted by Gasteiger charge is -2.44. The average Bonchev–Trinajstić information content (AvgIpc) is 2.55. The van der Waals surface area contributed by atoms with E-state index in [1.165, 1.54) is 0 Å². The largest absolute Gasteiger partial charge is 0.497 e. The number of rotatable bonds is 6. The molecular weight excluding hydrogens is 300 g/mol. The summed E-state index contributed by atoms with van der Waals surface area (Å²) in [5.41, 5.74) is 3.30. The number of quaternary nitrogens is 1. The Kier molecular flexibility index (Phi) is 5.92. The number of hydrogen-bond acceptors (Lipinski definition) is 2. The fourth-order valence-corrected chi connectivity index (χ4v) is 4.16. The maximum absolute atomic E-state index is 13.3. The minimum Gasteiger partial charge on any atom is -0.497 e. The van der Waals surface area contributed by atoms with Gasteiger partial charge in [-0.1, -0.05) is 6.92 Å². The van der Waals surface area contributed by atoms with E-state index in [1.54, 1.807) is 7.11 Å². The number of anilines is 1. The van der Waals surface area contributed by atoms with E-state index in [1.807, 2.05) is 17.0 Å². The van der Waals surface area contributed by atoms with Crippen LogP contribution in [-0.4, -0.2) is 50.2 Å². The van der Waals surface area contributed by atoms with Crippen LogP contribution < -0.4 is 9.64 Å². The number of carbonyl (C=O) groups is 1. The topological polar surface area (TPSA) is 29.5 Å². The van der Waals surface area contributed by atoms with Crippen molar-refractivity contribution in [1.29, 1.82) is 0 Å². The van der Waals surface area contributed by atoms with Crippen molar-refractivity contribution < 1.29 is 14.0 Å². The Morgan fingerprint density at radius 1 is 1.25 bits per heavy atom. The van der Waals surface area contributed by atoms with Crippen molar-refractivity contribution in [3.8, 4) is 5.75 Å². The van der Waals surface area contributed by atoms with Crippen molar-refractivity contribution in [2.75, 3.05) is 38.7 Å². The van der Waals surface area contributed by atoms with E-state index in [4.69, 9.17) is 4.74 Å². The average molecular weight is 333 g/mol. The van der Waals surface area contributed by atoms with Gasteiger partial charge in [0.15, 0.2) is 6.04 Å². The van der Waals surface area contributed by atoms with E-state index in [-0.39, 0.29) is 11.9 Å². The summed E-state index contributed by atoms with van der Waals surface area (Å²) in [6, 6.07) is 4.13.